The molecular weight excluding hydrogens is 280 g/mol. The Hall–Kier alpha value is -1.64. The van der Waals surface area contributed by atoms with Gasteiger partial charge in [-0.2, -0.15) is 5.26 Å². The average molecular weight is 302 g/mol. The van der Waals surface area contributed by atoms with Crippen molar-refractivity contribution in [3.63, 3.8) is 0 Å². The molecule has 1 aliphatic rings. The van der Waals surface area contributed by atoms with Gasteiger partial charge in [0.25, 0.3) is 0 Å². The molecule has 1 aliphatic heterocycles. The van der Waals surface area contributed by atoms with Gasteiger partial charge < -0.3 is 5.32 Å². The maximum Gasteiger partial charge on any atom is 0.138 e. The van der Waals surface area contributed by atoms with Crippen LogP contribution in [0.4, 0.5) is 0 Å². The molecule has 1 N–H and O–H groups in total. The summed E-state index contributed by atoms with van der Waals surface area (Å²) in [6, 6.07) is 2.64. The highest BCUT2D eigenvalue weighted by Crippen LogP contribution is 2.27. The monoisotopic (exact) mass is 302 g/mol. The summed E-state index contributed by atoms with van der Waals surface area (Å²) in [7, 11) is 0. The Morgan fingerprint density at radius 1 is 1.67 bits per heavy atom. The lowest BCUT2D eigenvalue weighted by Crippen LogP contribution is -2.41. The van der Waals surface area contributed by atoms with E-state index in [2.05, 4.69) is 48.3 Å². The zero-order chi connectivity index (χ0) is 15.4. The second kappa shape index (κ2) is 6.88. The Morgan fingerprint density at radius 3 is 3.05 bits per heavy atom. The van der Waals surface area contributed by atoms with E-state index >= 15 is 0 Å². The third-order valence-electron chi connectivity index (χ3n) is 3.78. The van der Waals surface area contributed by atoms with Crippen LogP contribution in [0.3, 0.4) is 0 Å². The molecule has 4 nitrogen and oxygen atoms in total. The summed E-state index contributed by atoms with van der Waals surface area (Å²) in [5.74, 6) is 0.606. The van der Waals surface area contributed by atoms with Gasteiger partial charge in [0.1, 0.15) is 5.01 Å². The molecule has 1 aromatic heterocycles. The van der Waals surface area contributed by atoms with Crippen LogP contribution in [-0.2, 0) is 0 Å². The maximum atomic E-state index is 9.09. The van der Waals surface area contributed by atoms with Crippen molar-refractivity contribution >= 4 is 17.0 Å². The van der Waals surface area contributed by atoms with Gasteiger partial charge in [0, 0.05) is 42.3 Å². The molecule has 0 amide bonds. The van der Waals surface area contributed by atoms with Crippen molar-refractivity contribution in [1.82, 2.24) is 15.2 Å². The molecule has 1 aromatic rings. The molecule has 2 rings (SSSR count). The molecule has 1 fully saturated rings. The fourth-order valence-corrected chi connectivity index (χ4v) is 3.47. The van der Waals surface area contributed by atoms with Crippen molar-refractivity contribution in [1.29, 1.82) is 5.26 Å². The summed E-state index contributed by atoms with van der Waals surface area (Å²) in [6.45, 7) is 14.2. The number of hydrogen-bond acceptors (Lipinski definition) is 5. The SMILES string of the molecule is C=C(NC(C)CN1CC(C)CC1C(=C)C#N)c1nccs1. The van der Waals surface area contributed by atoms with E-state index in [-0.39, 0.29) is 12.1 Å². The Labute approximate surface area is 130 Å². The molecule has 0 aromatic carbocycles. The van der Waals surface area contributed by atoms with Gasteiger partial charge in [-0.05, 0) is 19.3 Å². The number of hydrogen-bond donors (Lipinski definition) is 1. The highest BCUT2D eigenvalue weighted by atomic mass is 32.1. The number of nitriles is 1. The Kier molecular flexibility index (Phi) is 5.16. The zero-order valence-corrected chi connectivity index (χ0v) is 13.5. The second-order valence-corrected chi connectivity index (χ2v) is 6.70. The first-order valence-corrected chi connectivity index (χ1v) is 8.07. The predicted octanol–water partition coefficient (Wildman–Crippen LogP) is 2.88. The predicted molar refractivity (Wildman–Crippen MR) is 87.6 cm³/mol. The van der Waals surface area contributed by atoms with E-state index in [1.54, 1.807) is 17.5 Å². The number of nitrogens with one attached hydrogen (secondary N) is 1. The van der Waals surface area contributed by atoms with Crippen LogP contribution >= 0.6 is 11.3 Å². The van der Waals surface area contributed by atoms with E-state index in [4.69, 9.17) is 5.26 Å². The summed E-state index contributed by atoms with van der Waals surface area (Å²) >= 11 is 1.58. The molecule has 112 valence electrons. The number of thiazole rings is 1. The molecule has 0 aliphatic carbocycles. The van der Waals surface area contributed by atoms with Gasteiger partial charge in [-0.15, -0.1) is 11.3 Å². The first kappa shape index (κ1) is 15.7. The molecule has 0 saturated carbocycles. The van der Waals surface area contributed by atoms with E-state index in [0.717, 1.165) is 30.2 Å². The second-order valence-electron chi connectivity index (χ2n) is 5.81. The lowest BCUT2D eigenvalue weighted by molar-refractivity contribution is 0.259. The van der Waals surface area contributed by atoms with Gasteiger partial charge in [-0.3, -0.25) is 4.90 Å². The molecule has 21 heavy (non-hydrogen) atoms. The number of aromatic nitrogens is 1. The lowest BCUT2D eigenvalue weighted by atomic mass is 10.0. The van der Waals surface area contributed by atoms with Gasteiger partial charge in [0.05, 0.1) is 11.8 Å². The van der Waals surface area contributed by atoms with Crippen LogP contribution in [0, 0.1) is 17.2 Å². The Balaban J connectivity index is 1.92. The smallest absolute Gasteiger partial charge is 0.138 e. The molecule has 3 unspecified atom stereocenters. The van der Waals surface area contributed by atoms with E-state index < -0.39 is 0 Å². The highest BCUT2D eigenvalue weighted by molar-refractivity contribution is 7.10. The summed E-state index contributed by atoms with van der Waals surface area (Å²) in [5, 5.41) is 15.4. The van der Waals surface area contributed by atoms with Gasteiger partial charge in [0.2, 0.25) is 0 Å². The molecule has 5 heteroatoms. The third-order valence-corrected chi connectivity index (χ3v) is 4.61. The quantitative estimate of drug-likeness (QED) is 0.821. The minimum Gasteiger partial charge on any atom is -0.379 e. The zero-order valence-electron chi connectivity index (χ0n) is 12.7. The number of rotatable bonds is 6. The number of likely N-dealkylation sites (tertiary alicyclic amines) is 1. The molecule has 0 bridgehead atoms. The van der Waals surface area contributed by atoms with Crippen molar-refractivity contribution in [2.24, 2.45) is 5.92 Å². The third kappa shape index (κ3) is 3.93. The normalized spacial score (nSPS) is 23.5. The number of nitrogens with zero attached hydrogens (tertiary/aromatic N) is 3. The van der Waals surface area contributed by atoms with Crippen LogP contribution in [0.2, 0.25) is 0 Å². The maximum absolute atomic E-state index is 9.09. The highest BCUT2D eigenvalue weighted by Gasteiger charge is 2.32. The molecule has 0 radical (unpaired) electrons. The van der Waals surface area contributed by atoms with Crippen molar-refractivity contribution < 1.29 is 0 Å². The van der Waals surface area contributed by atoms with Crippen molar-refractivity contribution in [2.75, 3.05) is 13.1 Å². The van der Waals surface area contributed by atoms with Crippen LogP contribution in [0.25, 0.3) is 5.70 Å². The average Bonchev–Trinajstić information content (AvgIpc) is 3.07. The molecule has 0 spiro atoms. The minimum atomic E-state index is 0.183. The van der Waals surface area contributed by atoms with Crippen molar-refractivity contribution in [3.8, 4) is 6.07 Å². The van der Waals surface area contributed by atoms with E-state index in [9.17, 15) is 0 Å². The standard InChI is InChI=1S/C16H22N4S/c1-11-7-15(12(2)8-17)20(9-11)10-13(3)19-14(4)16-18-5-6-21-16/h5-6,11,13,15,19H,2,4,7,9-10H2,1,3H3. The summed E-state index contributed by atoms with van der Waals surface area (Å²) in [6.07, 6.45) is 2.80. The lowest BCUT2D eigenvalue weighted by Gasteiger charge is -2.27. The van der Waals surface area contributed by atoms with Crippen LogP contribution in [0.15, 0.2) is 30.3 Å². The fourth-order valence-electron chi connectivity index (χ4n) is 2.90. The molecule has 2 heterocycles. The van der Waals surface area contributed by atoms with Crippen LogP contribution in [-0.4, -0.2) is 35.1 Å². The molecule has 1 saturated heterocycles. The Morgan fingerprint density at radius 2 is 2.43 bits per heavy atom. The van der Waals surface area contributed by atoms with E-state index in [1.165, 1.54) is 0 Å². The summed E-state index contributed by atoms with van der Waals surface area (Å²) < 4.78 is 0. The first-order chi connectivity index (χ1) is 10.0. The topological polar surface area (TPSA) is 52.0 Å². The van der Waals surface area contributed by atoms with Crippen molar-refractivity contribution in [2.45, 2.75) is 32.4 Å². The molecule has 3 atom stereocenters. The van der Waals surface area contributed by atoms with E-state index in [1.807, 2.05) is 5.38 Å². The summed E-state index contributed by atoms with van der Waals surface area (Å²) in [5.41, 5.74) is 1.53. The van der Waals surface area contributed by atoms with Crippen LogP contribution in [0.5, 0.6) is 0 Å². The van der Waals surface area contributed by atoms with Crippen LogP contribution < -0.4 is 5.32 Å². The van der Waals surface area contributed by atoms with Gasteiger partial charge in [0.15, 0.2) is 0 Å². The van der Waals surface area contributed by atoms with Crippen LogP contribution in [0.1, 0.15) is 25.3 Å². The molecular formula is C16H22N4S. The van der Waals surface area contributed by atoms with Gasteiger partial charge >= 0.3 is 0 Å². The van der Waals surface area contributed by atoms with Gasteiger partial charge in [-0.25, -0.2) is 4.98 Å². The van der Waals surface area contributed by atoms with E-state index in [0.29, 0.717) is 11.5 Å². The summed E-state index contributed by atoms with van der Waals surface area (Å²) in [4.78, 5) is 6.61. The van der Waals surface area contributed by atoms with Gasteiger partial charge in [-0.1, -0.05) is 20.1 Å². The minimum absolute atomic E-state index is 0.183. The largest absolute Gasteiger partial charge is 0.379 e. The Bertz CT molecular complexity index is 543. The first-order valence-electron chi connectivity index (χ1n) is 7.19. The fraction of sp³-hybridized carbons (Fsp3) is 0.500. The van der Waals surface area contributed by atoms with Crippen molar-refractivity contribution in [3.05, 3.63) is 35.3 Å².